The van der Waals surface area contributed by atoms with E-state index in [-0.39, 0.29) is 24.3 Å². The number of hydrogen-bond donors (Lipinski definition) is 2. The quantitative estimate of drug-likeness (QED) is 0.597. The van der Waals surface area contributed by atoms with Crippen molar-refractivity contribution in [2.75, 3.05) is 23.9 Å². The number of rotatable bonds is 6. The molecule has 180 valence electrons. The molecule has 2 atom stereocenters. The minimum atomic E-state index is -4.59. The molecule has 3 N–H and O–H groups in total. The van der Waals surface area contributed by atoms with Gasteiger partial charge in [0.15, 0.2) is 16.6 Å². The zero-order chi connectivity index (χ0) is 24.6. The third kappa shape index (κ3) is 5.50. The molecule has 1 amide bonds. The average molecular weight is 494 g/mol. The number of anilines is 2. The summed E-state index contributed by atoms with van der Waals surface area (Å²) in [6, 6.07) is 2.61. The van der Waals surface area contributed by atoms with Crippen LogP contribution in [-0.4, -0.2) is 45.2 Å². The summed E-state index contributed by atoms with van der Waals surface area (Å²) in [5, 5.41) is 6.81. The van der Waals surface area contributed by atoms with E-state index in [1.54, 1.807) is 0 Å². The number of pyridine rings is 1. The van der Waals surface area contributed by atoms with Crippen LogP contribution in [0.1, 0.15) is 12.8 Å². The highest BCUT2D eigenvalue weighted by molar-refractivity contribution is 7.89. The van der Waals surface area contributed by atoms with E-state index in [1.807, 2.05) is 0 Å². The molecule has 1 saturated heterocycles. The topological polar surface area (TPSA) is 115 Å². The van der Waals surface area contributed by atoms with Crippen molar-refractivity contribution >= 4 is 27.3 Å². The van der Waals surface area contributed by atoms with E-state index in [9.17, 15) is 35.2 Å². The lowest BCUT2D eigenvalue weighted by Gasteiger charge is -2.30. The summed E-state index contributed by atoms with van der Waals surface area (Å²) in [6.07, 6.45) is -4.91. The Kier molecular flexibility index (Phi) is 6.79. The smallest absolute Gasteiger partial charge is 0.389 e. The Morgan fingerprint density at radius 3 is 2.61 bits per heavy atom. The monoisotopic (exact) mass is 494 g/mol. The molecule has 2 aromatic rings. The summed E-state index contributed by atoms with van der Waals surface area (Å²) in [6.45, 7) is -0.0704. The number of nitrogens with zero attached hydrogens (tertiary/aromatic N) is 2. The fourth-order valence-electron chi connectivity index (χ4n) is 3.79. The molecular weight excluding hydrogens is 475 g/mol. The summed E-state index contributed by atoms with van der Waals surface area (Å²) < 4.78 is 95.3. The predicted molar refractivity (Wildman–Crippen MR) is 107 cm³/mol. The number of methoxy groups -OCH3 is 1. The van der Waals surface area contributed by atoms with Gasteiger partial charge in [0.1, 0.15) is 6.04 Å². The zero-order valence-electron chi connectivity index (χ0n) is 17.1. The van der Waals surface area contributed by atoms with Gasteiger partial charge in [-0.05, 0) is 30.5 Å². The molecule has 0 unspecified atom stereocenters. The van der Waals surface area contributed by atoms with Gasteiger partial charge in [-0.15, -0.1) is 0 Å². The minimum absolute atomic E-state index is 0.0704. The van der Waals surface area contributed by atoms with Crippen molar-refractivity contribution in [2.24, 2.45) is 11.1 Å². The van der Waals surface area contributed by atoms with Gasteiger partial charge >= 0.3 is 6.18 Å². The number of alkyl halides is 3. The summed E-state index contributed by atoms with van der Waals surface area (Å²) >= 11 is 0. The van der Waals surface area contributed by atoms with Crippen LogP contribution >= 0.6 is 0 Å². The van der Waals surface area contributed by atoms with Gasteiger partial charge in [0, 0.05) is 30.9 Å². The molecular formula is C19H19F5N4O4S. The third-order valence-corrected chi connectivity index (χ3v) is 5.93. The van der Waals surface area contributed by atoms with Crippen molar-refractivity contribution in [3.63, 3.8) is 0 Å². The van der Waals surface area contributed by atoms with Crippen molar-refractivity contribution in [3.8, 4) is 5.75 Å². The fraction of sp³-hybridized carbons (Fsp3) is 0.368. The Hall–Kier alpha value is -3.00. The van der Waals surface area contributed by atoms with Crippen LogP contribution in [0.25, 0.3) is 0 Å². The maximum absolute atomic E-state index is 14.2. The second-order valence-electron chi connectivity index (χ2n) is 7.34. The molecule has 0 radical (unpaired) electrons. The summed E-state index contributed by atoms with van der Waals surface area (Å²) in [5.74, 6) is -5.27. The van der Waals surface area contributed by atoms with Crippen LogP contribution in [0.2, 0.25) is 0 Å². The van der Waals surface area contributed by atoms with Crippen molar-refractivity contribution in [2.45, 2.75) is 30.1 Å². The van der Waals surface area contributed by atoms with Crippen molar-refractivity contribution in [3.05, 3.63) is 42.1 Å². The van der Waals surface area contributed by atoms with Gasteiger partial charge < -0.3 is 15.0 Å². The second-order valence-corrected chi connectivity index (χ2v) is 8.85. The summed E-state index contributed by atoms with van der Waals surface area (Å²) in [4.78, 5) is 17.8. The van der Waals surface area contributed by atoms with Crippen LogP contribution in [0.4, 0.5) is 33.3 Å². The number of hydrogen-bond acceptors (Lipinski definition) is 6. The molecule has 1 aromatic heterocycles. The maximum Gasteiger partial charge on any atom is 0.389 e. The Balaban J connectivity index is 1.99. The number of ether oxygens (including phenoxy) is 1. The Bertz CT molecular complexity index is 1160. The lowest BCUT2D eigenvalue weighted by Crippen LogP contribution is -2.44. The van der Waals surface area contributed by atoms with Gasteiger partial charge in [-0.2, -0.15) is 17.6 Å². The molecule has 2 heterocycles. The number of carbonyl (C=O) groups is 1. The first kappa shape index (κ1) is 24.6. The van der Waals surface area contributed by atoms with Gasteiger partial charge in [0.05, 0.1) is 12.8 Å². The first-order valence-electron chi connectivity index (χ1n) is 9.47. The van der Waals surface area contributed by atoms with Crippen molar-refractivity contribution in [1.29, 1.82) is 0 Å². The molecule has 3 rings (SSSR count). The molecule has 0 bridgehead atoms. The molecule has 0 saturated carbocycles. The molecule has 33 heavy (non-hydrogen) atoms. The zero-order valence-corrected chi connectivity index (χ0v) is 17.9. The van der Waals surface area contributed by atoms with Crippen molar-refractivity contribution in [1.82, 2.24) is 4.98 Å². The summed E-state index contributed by atoms with van der Waals surface area (Å²) in [5.41, 5.74) is -0.171. The number of amides is 1. The fourth-order valence-corrected chi connectivity index (χ4v) is 4.29. The largest absolute Gasteiger partial charge is 0.491 e. The number of carbonyl (C=O) groups excluding carboxylic acids is 1. The highest BCUT2D eigenvalue weighted by Crippen LogP contribution is 2.42. The summed E-state index contributed by atoms with van der Waals surface area (Å²) in [7, 11) is -3.14. The van der Waals surface area contributed by atoms with Crippen LogP contribution in [0.3, 0.4) is 0 Å². The molecule has 8 nitrogen and oxygen atoms in total. The molecule has 1 aliphatic heterocycles. The van der Waals surface area contributed by atoms with Crippen LogP contribution in [0.15, 0.2) is 35.5 Å². The lowest BCUT2D eigenvalue weighted by atomic mass is 9.95. The molecule has 1 aliphatic rings. The van der Waals surface area contributed by atoms with E-state index < -0.39 is 62.9 Å². The van der Waals surface area contributed by atoms with E-state index in [0.717, 1.165) is 31.5 Å². The van der Waals surface area contributed by atoms with Gasteiger partial charge in [0.25, 0.3) is 10.0 Å². The van der Waals surface area contributed by atoms with E-state index in [4.69, 9.17) is 9.88 Å². The van der Waals surface area contributed by atoms with Gasteiger partial charge in [-0.1, -0.05) is 0 Å². The van der Waals surface area contributed by atoms with E-state index in [0.29, 0.717) is 0 Å². The van der Waals surface area contributed by atoms with Gasteiger partial charge in [0.2, 0.25) is 11.7 Å². The Labute approximate surface area is 185 Å². The molecule has 1 fully saturated rings. The normalized spacial score (nSPS) is 18.9. The average Bonchev–Trinajstić information content (AvgIpc) is 3.11. The SMILES string of the molecule is COc1c(N2CC[C@H](CC(F)(F)F)[C@@H]2C(=O)Nc2ccnc(S(N)(=O)=O)c2)ccc(F)c1F. The van der Waals surface area contributed by atoms with Crippen molar-refractivity contribution < 1.29 is 39.9 Å². The number of halogens is 5. The van der Waals surface area contributed by atoms with E-state index >= 15 is 0 Å². The number of aromatic nitrogens is 1. The highest BCUT2D eigenvalue weighted by Gasteiger charge is 2.46. The standard InChI is InChI=1S/C19H19F5N4O4S/c1-32-17-13(3-2-12(20)15(17)21)28-7-5-10(9-19(22,23)24)16(28)18(29)27-11-4-6-26-14(8-11)33(25,30)31/h2-4,6,8,10,16H,5,7,9H2,1H3,(H2,25,30,31)(H,26,27,29)/t10-,16-/m1/s1. The Morgan fingerprint density at radius 1 is 1.30 bits per heavy atom. The maximum atomic E-state index is 14.2. The van der Waals surface area contributed by atoms with Gasteiger partial charge in [-0.3, -0.25) is 4.79 Å². The molecule has 14 heteroatoms. The third-order valence-electron chi connectivity index (χ3n) is 5.12. The first-order valence-corrected chi connectivity index (χ1v) is 11.0. The minimum Gasteiger partial charge on any atom is -0.491 e. The molecule has 0 aliphatic carbocycles. The van der Waals surface area contributed by atoms with Gasteiger partial charge in [-0.25, -0.2) is 22.9 Å². The van der Waals surface area contributed by atoms with Crippen LogP contribution in [0.5, 0.6) is 5.75 Å². The lowest BCUT2D eigenvalue weighted by molar-refractivity contribution is -0.146. The van der Waals surface area contributed by atoms with Crippen LogP contribution in [-0.2, 0) is 14.8 Å². The number of nitrogens with two attached hydrogens (primary N) is 1. The number of sulfonamides is 1. The van der Waals surface area contributed by atoms with Crippen LogP contribution < -0.4 is 20.1 Å². The molecule has 1 aromatic carbocycles. The number of benzene rings is 1. The second kappa shape index (κ2) is 9.09. The number of primary sulfonamides is 1. The number of nitrogens with one attached hydrogen (secondary N) is 1. The first-order chi connectivity index (χ1) is 15.3. The Morgan fingerprint density at radius 2 is 2.00 bits per heavy atom. The highest BCUT2D eigenvalue weighted by atomic mass is 32.2. The predicted octanol–water partition coefficient (Wildman–Crippen LogP) is 2.80. The van der Waals surface area contributed by atoms with E-state index in [2.05, 4.69) is 10.3 Å². The van der Waals surface area contributed by atoms with Crippen LogP contribution in [0, 0.1) is 17.6 Å². The molecule has 0 spiro atoms. The van der Waals surface area contributed by atoms with E-state index in [1.165, 1.54) is 11.0 Å².